The van der Waals surface area contributed by atoms with Gasteiger partial charge in [-0.1, -0.05) is 19.1 Å². The summed E-state index contributed by atoms with van der Waals surface area (Å²) in [5.74, 6) is 0. The molecule has 0 unspecified atom stereocenters. The van der Waals surface area contributed by atoms with Crippen LogP contribution < -0.4 is 0 Å². The number of hydrogen-bond donors (Lipinski definition) is 0. The van der Waals surface area contributed by atoms with Gasteiger partial charge in [0.05, 0.1) is 0 Å². The van der Waals surface area contributed by atoms with Gasteiger partial charge in [0.1, 0.15) is 0 Å². The Hall–Kier alpha value is -0.820. The number of hydrogen-bond acceptors (Lipinski definition) is 1. The third-order valence-corrected chi connectivity index (χ3v) is 3.13. The minimum Gasteiger partial charge on any atom is -0.141 e. The molecule has 62 valence electrons. The summed E-state index contributed by atoms with van der Waals surface area (Å²) >= 11 is 1.88. The van der Waals surface area contributed by atoms with Gasteiger partial charge in [0, 0.05) is 9.58 Å². The van der Waals surface area contributed by atoms with Gasteiger partial charge < -0.3 is 0 Å². The normalized spacial score (nSPS) is 10.8. The van der Waals surface area contributed by atoms with Crippen LogP contribution in [-0.4, -0.2) is 0 Å². The second-order valence-corrected chi connectivity index (χ2v) is 4.37. The Labute approximate surface area is 76.8 Å². The third-order valence-electron chi connectivity index (χ3n) is 2.12. The van der Waals surface area contributed by atoms with Crippen LogP contribution in [0.15, 0.2) is 24.3 Å². The summed E-state index contributed by atoms with van der Waals surface area (Å²) in [7, 11) is 0. The van der Waals surface area contributed by atoms with E-state index in [9.17, 15) is 0 Å². The lowest BCUT2D eigenvalue weighted by Crippen LogP contribution is -1.75. The van der Waals surface area contributed by atoms with Gasteiger partial charge in [0.15, 0.2) is 0 Å². The van der Waals surface area contributed by atoms with Crippen molar-refractivity contribution < 1.29 is 0 Å². The lowest BCUT2D eigenvalue weighted by Gasteiger charge is -1.94. The number of fused-ring (bicyclic) bond motifs is 1. The first-order valence-corrected chi connectivity index (χ1v) is 5.10. The molecule has 12 heavy (non-hydrogen) atoms. The highest BCUT2D eigenvalue weighted by molar-refractivity contribution is 7.19. The summed E-state index contributed by atoms with van der Waals surface area (Å²) in [6.07, 6.45) is 1.13. The molecule has 0 bridgehead atoms. The van der Waals surface area contributed by atoms with Gasteiger partial charge in [-0.05, 0) is 36.4 Å². The molecule has 0 aliphatic rings. The topological polar surface area (TPSA) is 0 Å². The van der Waals surface area contributed by atoms with Crippen molar-refractivity contribution in [2.75, 3.05) is 0 Å². The van der Waals surface area contributed by atoms with Gasteiger partial charge in [-0.2, -0.15) is 0 Å². The smallest absolute Gasteiger partial charge is 0.0348 e. The van der Waals surface area contributed by atoms with Crippen LogP contribution in [0.25, 0.3) is 10.1 Å². The van der Waals surface area contributed by atoms with Crippen LogP contribution >= 0.6 is 11.3 Å². The molecule has 0 aliphatic carbocycles. The highest BCUT2D eigenvalue weighted by Crippen LogP contribution is 2.25. The minimum atomic E-state index is 1.13. The molecule has 0 fully saturated rings. The Bertz CT molecular complexity index is 398. The average Bonchev–Trinajstić information content (AvgIpc) is 2.43. The minimum absolute atomic E-state index is 1.13. The maximum Gasteiger partial charge on any atom is 0.0348 e. The van der Waals surface area contributed by atoms with Crippen LogP contribution in [0.1, 0.15) is 17.4 Å². The summed E-state index contributed by atoms with van der Waals surface area (Å²) in [5.41, 5.74) is 1.43. The molecule has 0 saturated heterocycles. The first kappa shape index (κ1) is 7.81. The van der Waals surface area contributed by atoms with Gasteiger partial charge in [-0.15, -0.1) is 11.3 Å². The second-order valence-electron chi connectivity index (χ2n) is 3.08. The molecule has 0 radical (unpaired) electrons. The van der Waals surface area contributed by atoms with E-state index in [-0.39, 0.29) is 0 Å². The van der Waals surface area contributed by atoms with Gasteiger partial charge >= 0.3 is 0 Å². The van der Waals surface area contributed by atoms with Gasteiger partial charge in [-0.3, -0.25) is 0 Å². The molecule has 0 atom stereocenters. The number of thiophene rings is 1. The number of aryl methyl sites for hydroxylation is 2. The van der Waals surface area contributed by atoms with Crippen molar-refractivity contribution in [1.82, 2.24) is 0 Å². The standard InChI is InChI=1S/C11H12S/c1-3-9-4-5-10-6-8(2)12-11(10)7-9/h4-7H,3H2,1-2H3. The molecule has 1 heteroatoms. The van der Waals surface area contributed by atoms with Crippen molar-refractivity contribution in [2.24, 2.45) is 0 Å². The first-order chi connectivity index (χ1) is 5.79. The van der Waals surface area contributed by atoms with Gasteiger partial charge in [0.2, 0.25) is 0 Å². The lowest BCUT2D eigenvalue weighted by molar-refractivity contribution is 1.15. The number of benzene rings is 1. The van der Waals surface area contributed by atoms with Crippen molar-refractivity contribution in [2.45, 2.75) is 20.3 Å². The Balaban J connectivity index is 2.66. The maximum absolute atomic E-state index is 2.30. The largest absolute Gasteiger partial charge is 0.141 e. The average molecular weight is 176 g/mol. The lowest BCUT2D eigenvalue weighted by atomic mass is 10.1. The Morgan fingerprint density at radius 2 is 2.08 bits per heavy atom. The molecule has 1 aromatic heterocycles. The second kappa shape index (κ2) is 2.91. The highest BCUT2D eigenvalue weighted by Gasteiger charge is 1.98. The SMILES string of the molecule is CCc1ccc2cc(C)sc2c1. The van der Waals surface area contributed by atoms with Crippen LogP contribution in [-0.2, 0) is 6.42 Å². The molecular formula is C11H12S. The van der Waals surface area contributed by atoms with E-state index in [0.29, 0.717) is 0 Å². The van der Waals surface area contributed by atoms with Crippen molar-refractivity contribution in [3.05, 3.63) is 34.7 Å². The van der Waals surface area contributed by atoms with Crippen LogP contribution in [0.4, 0.5) is 0 Å². The zero-order chi connectivity index (χ0) is 8.55. The summed E-state index contributed by atoms with van der Waals surface area (Å²) in [6.45, 7) is 4.36. The fourth-order valence-corrected chi connectivity index (χ4v) is 2.42. The Kier molecular flexibility index (Phi) is 1.89. The van der Waals surface area contributed by atoms with E-state index in [1.54, 1.807) is 0 Å². The molecule has 0 saturated carbocycles. The van der Waals surface area contributed by atoms with Gasteiger partial charge in [-0.25, -0.2) is 0 Å². The van der Waals surface area contributed by atoms with E-state index < -0.39 is 0 Å². The predicted molar refractivity (Wildman–Crippen MR) is 55.9 cm³/mol. The highest BCUT2D eigenvalue weighted by atomic mass is 32.1. The molecule has 1 aromatic carbocycles. The fraction of sp³-hybridized carbons (Fsp3) is 0.273. The van der Waals surface area contributed by atoms with Crippen LogP contribution in [0.5, 0.6) is 0 Å². The zero-order valence-electron chi connectivity index (χ0n) is 7.42. The molecule has 2 aromatic rings. The molecule has 0 spiro atoms. The van der Waals surface area contributed by atoms with E-state index in [4.69, 9.17) is 0 Å². The number of rotatable bonds is 1. The summed E-state index contributed by atoms with van der Waals surface area (Å²) in [5, 5.41) is 1.38. The fourth-order valence-electron chi connectivity index (χ4n) is 1.43. The molecule has 2 rings (SSSR count). The third kappa shape index (κ3) is 1.25. The summed E-state index contributed by atoms with van der Waals surface area (Å²) < 4.78 is 1.42. The predicted octanol–water partition coefficient (Wildman–Crippen LogP) is 3.77. The van der Waals surface area contributed by atoms with E-state index in [0.717, 1.165) is 6.42 Å². The Morgan fingerprint density at radius 3 is 2.83 bits per heavy atom. The quantitative estimate of drug-likeness (QED) is 0.620. The molecular weight excluding hydrogens is 164 g/mol. The van der Waals surface area contributed by atoms with Crippen LogP contribution in [0.3, 0.4) is 0 Å². The van der Waals surface area contributed by atoms with E-state index in [1.807, 2.05) is 11.3 Å². The Morgan fingerprint density at radius 1 is 1.25 bits per heavy atom. The van der Waals surface area contributed by atoms with E-state index >= 15 is 0 Å². The van der Waals surface area contributed by atoms with Crippen LogP contribution in [0.2, 0.25) is 0 Å². The molecule has 1 heterocycles. The monoisotopic (exact) mass is 176 g/mol. The van der Waals surface area contributed by atoms with Crippen LogP contribution in [0, 0.1) is 6.92 Å². The maximum atomic E-state index is 2.30. The zero-order valence-corrected chi connectivity index (χ0v) is 8.24. The summed E-state index contributed by atoms with van der Waals surface area (Å²) in [6, 6.07) is 8.98. The van der Waals surface area contributed by atoms with Crippen molar-refractivity contribution in [3.8, 4) is 0 Å². The van der Waals surface area contributed by atoms with Gasteiger partial charge in [0.25, 0.3) is 0 Å². The summed E-state index contributed by atoms with van der Waals surface area (Å²) in [4.78, 5) is 1.40. The first-order valence-electron chi connectivity index (χ1n) is 4.28. The molecule has 0 amide bonds. The van der Waals surface area contributed by atoms with E-state index in [1.165, 1.54) is 20.5 Å². The van der Waals surface area contributed by atoms with Crippen molar-refractivity contribution >= 4 is 21.4 Å². The van der Waals surface area contributed by atoms with Crippen molar-refractivity contribution in [1.29, 1.82) is 0 Å². The molecule has 0 N–H and O–H groups in total. The van der Waals surface area contributed by atoms with Crippen molar-refractivity contribution in [3.63, 3.8) is 0 Å². The molecule has 0 aliphatic heterocycles. The molecule has 0 nitrogen and oxygen atoms in total. The van der Waals surface area contributed by atoms with E-state index in [2.05, 4.69) is 38.1 Å².